The van der Waals surface area contributed by atoms with Crippen LogP contribution in [0.3, 0.4) is 0 Å². The van der Waals surface area contributed by atoms with Gasteiger partial charge in [0, 0.05) is 47.2 Å². The van der Waals surface area contributed by atoms with Crippen molar-refractivity contribution in [1.82, 2.24) is 14.9 Å². The zero-order chi connectivity index (χ0) is 12.1. The summed E-state index contributed by atoms with van der Waals surface area (Å²) in [6.45, 7) is 3.16. The number of piperidine rings is 1. The summed E-state index contributed by atoms with van der Waals surface area (Å²) in [6.07, 6.45) is 9.05. The summed E-state index contributed by atoms with van der Waals surface area (Å²) < 4.78 is 13.3. The Labute approximate surface area is 105 Å². The van der Waals surface area contributed by atoms with E-state index < -0.39 is 10.8 Å². The summed E-state index contributed by atoms with van der Waals surface area (Å²) in [5.41, 5.74) is 1.35. The largest absolute Gasteiger partial charge is 0.334 e. The number of nitrogens with one attached hydrogen (secondary N) is 1. The molecule has 96 valence electrons. The number of nitrogens with zero attached hydrogens (tertiary/aromatic N) is 2. The van der Waals surface area contributed by atoms with E-state index in [1.165, 1.54) is 18.5 Å². The lowest BCUT2D eigenvalue weighted by Gasteiger charge is -2.23. The van der Waals surface area contributed by atoms with Crippen molar-refractivity contribution in [3.05, 3.63) is 18.2 Å². The second kappa shape index (κ2) is 6.31. The Balaban J connectivity index is 1.93. The molecule has 5 heteroatoms. The van der Waals surface area contributed by atoms with Crippen LogP contribution in [0.25, 0.3) is 0 Å². The topological polar surface area (TPSA) is 46.9 Å². The van der Waals surface area contributed by atoms with E-state index in [2.05, 4.69) is 14.9 Å². The molecule has 1 saturated heterocycles. The molecule has 0 amide bonds. The zero-order valence-corrected chi connectivity index (χ0v) is 11.2. The standard InChI is InChI=1S/C12H21N3OS/c1-17(16)8-2-7-15-10-14-9-12(15)11-3-5-13-6-4-11/h9-11,13H,2-8H2,1H3. The van der Waals surface area contributed by atoms with Gasteiger partial charge >= 0.3 is 0 Å². The molecule has 2 heterocycles. The first-order chi connectivity index (χ1) is 8.27. The van der Waals surface area contributed by atoms with E-state index in [0.717, 1.165) is 31.8 Å². The highest BCUT2D eigenvalue weighted by Crippen LogP contribution is 2.24. The van der Waals surface area contributed by atoms with Gasteiger partial charge in [0.1, 0.15) is 0 Å². The van der Waals surface area contributed by atoms with E-state index in [9.17, 15) is 4.21 Å². The van der Waals surface area contributed by atoms with Gasteiger partial charge in [0.15, 0.2) is 0 Å². The van der Waals surface area contributed by atoms with Gasteiger partial charge in [-0.1, -0.05) is 0 Å². The first-order valence-corrected chi connectivity index (χ1v) is 8.01. The molecule has 17 heavy (non-hydrogen) atoms. The van der Waals surface area contributed by atoms with Crippen molar-refractivity contribution in [3.8, 4) is 0 Å². The Morgan fingerprint density at radius 1 is 1.53 bits per heavy atom. The number of aryl methyl sites for hydroxylation is 1. The highest BCUT2D eigenvalue weighted by molar-refractivity contribution is 7.84. The zero-order valence-electron chi connectivity index (χ0n) is 10.4. The molecule has 4 nitrogen and oxygen atoms in total. The Morgan fingerprint density at radius 2 is 2.29 bits per heavy atom. The van der Waals surface area contributed by atoms with Gasteiger partial charge in [-0.2, -0.15) is 0 Å². The number of hydrogen-bond acceptors (Lipinski definition) is 3. The van der Waals surface area contributed by atoms with Gasteiger partial charge in [0.05, 0.1) is 6.33 Å². The average molecular weight is 255 g/mol. The molecule has 1 aliphatic heterocycles. The van der Waals surface area contributed by atoms with Crippen molar-refractivity contribution in [3.63, 3.8) is 0 Å². The molecular weight excluding hydrogens is 234 g/mol. The third kappa shape index (κ3) is 3.64. The SMILES string of the molecule is CS(=O)CCCn1cncc1C1CCNCC1. The molecule has 1 atom stereocenters. The molecule has 0 spiro atoms. The second-order valence-corrected chi connectivity index (χ2v) is 6.22. The molecule has 1 N–H and O–H groups in total. The minimum Gasteiger partial charge on any atom is -0.334 e. The Bertz CT molecular complexity index is 372. The van der Waals surface area contributed by atoms with Crippen molar-refractivity contribution in [2.45, 2.75) is 31.7 Å². The van der Waals surface area contributed by atoms with E-state index >= 15 is 0 Å². The summed E-state index contributed by atoms with van der Waals surface area (Å²) in [4.78, 5) is 4.26. The van der Waals surface area contributed by atoms with Crippen LogP contribution < -0.4 is 5.32 Å². The lowest BCUT2D eigenvalue weighted by atomic mass is 9.95. The van der Waals surface area contributed by atoms with Crippen LogP contribution >= 0.6 is 0 Å². The molecular formula is C12H21N3OS. The van der Waals surface area contributed by atoms with Crippen molar-refractivity contribution < 1.29 is 4.21 Å². The molecule has 0 radical (unpaired) electrons. The monoisotopic (exact) mass is 255 g/mol. The number of rotatable bonds is 5. The van der Waals surface area contributed by atoms with Crippen LogP contribution in [0, 0.1) is 0 Å². The minimum absolute atomic E-state index is 0.644. The normalized spacial score (nSPS) is 19.4. The number of imidazole rings is 1. The van der Waals surface area contributed by atoms with Gasteiger partial charge < -0.3 is 9.88 Å². The number of hydrogen-bond donors (Lipinski definition) is 1. The molecule has 1 aromatic rings. The molecule has 0 aliphatic carbocycles. The first kappa shape index (κ1) is 12.8. The predicted octanol–water partition coefficient (Wildman–Crippen LogP) is 1.12. The Morgan fingerprint density at radius 3 is 3.00 bits per heavy atom. The van der Waals surface area contributed by atoms with Gasteiger partial charge in [-0.25, -0.2) is 4.98 Å². The van der Waals surface area contributed by atoms with Crippen molar-refractivity contribution in [2.24, 2.45) is 0 Å². The first-order valence-electron chi connectivity index (χ1n) is 6.28. The molecule has 0 saturated carbocycles. The van der Waals surface area contributed by atoms with Crippen LogP contribution in [-0.2, 0) is 17.3 Å². The molecule has 1 fully saturated rings. The maximum Gasteiger partial charge on any atom is 0.0948 e. The van der Waals surface area contributed by atoms with Crippen LogP contribution in [0.2, 0.25) is 0 Å². The van der Waals surface area contributed by atoms with Gasteiger partial charge in [-0.15, -0.1) is 0 Å². The molecule has 1 aliphatic rings. The maximum absolute atomic E-state index is 11.0. The van der Waals surface area contributed by atoms with Gasteiger partial charge in [0.2, 0.25) is 0 Å². The average Bonchev–Trinajstić information content (AvgIpc) is 2.78. The summed E-state index contributed by atoms with van der Waals surface area (Å²) >= 11 is 0. The predicted molar refractivity (Wildman–Crippen MR) is 70.6 cm³/mol. The highest BCUT2D eigenvalue weighted by atomic mass is 32.2. The summed E-state index contributed by atoms with van der Waals surface area (Å²) in [7, 11) is -0.682. The van der Waals surface area contributed by atoms with E-state index in [-0.39, 0.29) is 0 Å². The third-order valence-electron chi connectivity index (χ3n) is 3.33. The van der Waals surface area contributed by atoms with Gasteiger partial charge in [-0.3, -0.25) is 4.21 Å². The molecule has 2 rings (SSSR count). The van der Waals surface area contributed by atoms with Crippen LogP contribution in [0.4, 0.5) is 0 Å². The quantitative estimate of drug-likeness (QED) is 0.857. The van der Waals surface area contributed by atoms with Crippen molar-refractivity contribution >= 4 is 10.8 Å². The fraction of sp³-hybridized carbons (Fsp3) is 0.750. The fourth-order valence-corrected chi connectivity index (χ4v) is 2.95. The van der Waals surface area contributed by atoms with E-state index in [0.29, 0.717) is 5.92 Å². The van der Waals surface area contributed by atoms with Crippen molar-refractivity contribution in [1.29, 1.82) is 0 Å². The van der Waals surface area contributed by atoms with E-state index in [1.54, 1.807) is 6.26 Å². The van der Waals surface area contributed by atoms with Gasteiger partial charge in [-0.05, 0) is 32.4 Å². The van der Waals surface area contributed by atoms with E-state index in [1.807, 2.05) is 12.5 Å². The third-order valence-corrected chi connectivity index (χ3v) is 4.20. The lowest BCUT2D eigenvalue weighted by molar-refractivity contribution is 0.438. The summed E-state index contributed by atoms with van der Waals surface area (Å²) in [6, 6.07) is 0. The molecule has 1 aromatic heterocycles. The maximum atomic E-state index is 11.0. The summed E-state index contributed by atoms with van der Waals surface area (Å²) in [5.74, 6) is 1.43. The molecule has 1 unspecified atom stereocenters. The smallest absolute Gasteiger partial charge is 0.0948 e. The van der Waals surface area contributed by atoms with Crippen LogP contribution in [0.5, 0.6) is 0 Å². The van der Waals surface area contributed by atoms with Crippen LogP contribution in [0.15, 0.2) is 12.5 Å². The van der Waals surface area contributed by atoms with Crippen LogP contribution in [0.1, 0.15) is 30.9 Å². The summed E-state index contributed by atoms with van der Waals surface area (Å²) in [5, 5.41) is 3.38. The Kier molecular flexibility index (Phi) is 4.74. The van der Waals surface area contributed by atoms with Gasteiger partial charge in [0.25, 0.3) is 0 Å². The highest BCUT2D eigenvalue weighted by Gasteiger charge is 2.18. The van der Waals surface area contributed by atoms with Crippen molar-refractivity contribution in [2.75, 3.05) is 25.1 Å². The molecule has 0 aromatic carbocycles. The van der Waals surface area contributed by atoms with E-state index in [4.69, 9.17) is 0 Å². The second-order valence-electron chi connectivity index (χ2n) is 4.67. The molecule has 0 bridgehead atoms. The lowest BCUT2D eigenvalue weighted by Crippen LogP contribution is -2.27. The Hall–Kier alpha value is -0.680. The minimum atomic E-state index is -0.682. The van der Waals surface area contributed by atoms with Crippen LogP contribution in [-0.4, -0.2) is 38.9 Å². The fourth-order valence-electron chi connectivity index (χ4n) is 2.41. The number of aromatic nitrogens is 2.